The highest BCUT2D eigenvalue weighted by Gasteiger charge is 2.36. The minimum absolute atomic E-state index is 0.0822. The van der Waals surface area contributed by atoms with E-state index in [-0.39, 0.29) is 12.6 Å². The Morgan fingerprint density at radius 3 is 2.15 bits per heavy atom. The molecule has 80 valence electrons. The molecule has 0 saturated carbocycles. The van der Waals surface area contributed by atoms with Crippen LogP contribution in [-0.4, -0.2) is 31.5 Å². The maximum Gasteiger partial charge on any atom is 0.414 e. The van der Waals surface area contributed by atoms with Crippen molar-refractivity contribution in [1.82, 2.24) is 5.32 Å². The van der Waals surface area contributed by atoms with E-state index in [1.54, 1.807) is 0 Å². The van der Waals surface area contributed by atoms with Crippen molar-refractivity contribution >= 4 is 0 Å². The zero-order valence-electron chi connectivity index (χ0n) is 8.11. The van der Waals surface area contributed by atoms with E-state index < -0.39 is 12.3 Å². The molecule has 5 heteroatoms. The molecule has 1 atom stereocenters. The zero-order chi connectivity index (χ0) is 10.5. The van der Waals surface area contributed by atoms with Crippen molar-refractivity contribution in [2.45, 2.75) is 39.1 Å². The highest BCUT2D eigenvalue weighted by molar-refractivity contribution is 4.61. The van der Waals surface area contributed by atoms with Crippen molar-refractivity contribution in [2.24, 2.45) is 0 Å². The maximum atomic E-state index is 11.9. The van der Waals surface area contributed by atoms with Crippen LogP contribution in [0.2, 0.25) is 0 Å². The minimum Gasteiger partial charge on any atom is -0.368 e. The summed E-state index contributed by atoms with van der Waals surface area (Å²) in [6.07, 6.45) is -5.93. The Bertz CT molecular complexity index is 136. The van der Waals surface area contributed by atoms with Crippen LogP contribution in [0.25, 0.3) is 0 Å². The van der Waals surface area contributed by atoms with E-state index in [9.17, 15) is 13.2 Å². The lowest BCUT2D eigenvalue weighted by Gasteiger charge is -2.16. The lowest BCUT2D eigenvalue weighted by molar-refractivity contribution is -0.213. The number of alkyl halides is 3. The van der Waals surface area contributed by atoms with Gasteiger partial charge in [-0.3, -0.25) is 0 Å². The van der Waals surface area contributed by atoms with Crippen LogP contribution in [0.3, 0.4) is 0 Å². The van der Waals surface area contributed by atoms with Gasteiger partial charge in [-0.25, -0.2) is 0 Å². The fourth-order valence-corrected chi connectivity index (χ4v) is 0.678. The summed E-state index contributed by atoms with van der Waals surface area (Å²) in [6.45, 7) is 5.38. The average Bonchev–Trinajstić information content (AvgIpc) is 1.95. The highest BCUT2D eigenvalue weighted by atomic mass is 19.4. The van der Waals surface area contributed by atoms with E-state index in [0.717, 1.165) is 6.92 Å². The van der Waals surface area contributed by atoms with Gasteiger partial charge in [0.1, 0.15) is 0 Å². The van der Waals surface area contributed by atoms with Crippen LogP contribution in [0.1, 0.15) is 20.8 Å². The molecule has 0 heterocycles. The molecular formula is C8H16F3NO. The van der Waals surface area contributed by atoms with Gasteiger partial charge < -0.3 is 10.1 Å². The average molecular weight is 199 g/mol. The van der Waals surface area contributed by atoms with E-state index in [2.05, 4.69) is 10.1 Å². The third kappa shape index (κ3) is 6.83. The third-order valence-electron chi connectivity index (χ3n) is 1.48. The van der Waals surface area contributed by atoms with Gasteiger partial charge in [0.15, 0.2) is 6.10 Å². The van der Waals surface area contributed by atoms with Crippen LogP contribution in [0.4, 0.5) is 13.2 Å². The normalized spacial score (nSPS) is 15.0. The summed E-state index contributed by atoms with van der Waals surface area (Å²) < 4.78 is 40.2. The number of ether oxygens (including phenoxy) is 1. The Labute approximate surface area is 76.5 Å². The minimum atomic E-state index is -4.25. The fraction of sp³-hybridized carbons (Fsp3) is 1.00. The molecule has 13 heavy (non-hydrogen) atoms. The molecule has 1 unspecified atom stereocenters. The van der Waals surface area contributed by atoms with Gasteiger partial charge in [0.25, 0.3) is 0 Å². The van der Waals surface area contributed by atoms with Crippen molar-refractivity contribution in [1.29, 1.82) is 0 Å². The van der Waals surface area contributed by atoms with Crippen LogP contribution in [-0.2, 0) is 4.74 Å². The molecule has 0 aromatic carbocycles. The number of hydrogen-bond acceptors (Lipinski definition) is 2. The molecular weight excluding hydrogens is 183 g/mol. The van der Waals surface area contributed by atoms with Gasteiger partial charge in [-0.2, -0.15) is 13.2 Å². The summed E-state index contributed by atoms with van der Waals surface area (Å²) >= 11 is 0. The summed E-state index contributed by atoms with van der Waals surface area (Å²) in [5.41, 5.74) is 0. The first kappa shape index (κ1) is 12.7. The van der Waals surface area contributed by atoms with Gasteiger partial charge in [-0.05, 0) is 6.92 Å². The standard InChI is InChI=1S/C8H16F3NO/c1-6(2)12-4-5-13-7(3)8(9,10)11/h6-7,12H,4-5H2,1-3H3. The molecule has 0 aliphatic rings. The summed E-state index contributed by atoms with van der Waals surface area (Å²) in [6, 6.07) is 0.268. The topological polar surface area (TPSA) is 21.3 Å². The van der Waals surface area contributed by atoms with E-state index in [4.69, 9.17) is 0 Å². The molecule has 1 N–H and O–H groups in total. The second-order valence-electron chi connectivity index (χ2n) is 3.16. The fourth-order valence-electron chi connectivity index (χ4n) is 0.678. The van der Waals surface area contributed by atoms with Gasteiger partial charge >= 0.3 is 6.18 Å². The molecule has 0 aromatic rings. The Kier molecular flexibility index (Phi) is 5.32. The van der Waals surface area contributed by atoms with Crippen molar-refractivity contribution in [3.8, 4) is 0 Å². The molecule has 0 amide bonds. The maximum absolute atomic E-state index is 11.9. The Hall–Kier alpha value is -0.290. The van der Waals surface area contributed by atoms with Crippen LogP contribution >= 0.6 is 0 Å². The number of rotatable bonds is 5. The molecule has 0 rings (SSSR count). The van der Waals surface area contributed by atoms with Crippen LogP contribution in [0, 0.1) is 0 Å². The van der Waals surface area contributed by atoms with Crippen LogP contribution in [0.5, 0.6) is 0 Å². The van der Waals surface area contributed by atoms with E-state index >= 15 is 0 Å². The lowest BCUT2D eigenvalue weighted by atomic mass is 10.4. The first-order valence-electron chi connectivity index (χ1n) is 4.25. The SMILES string of the molecule is CC(C)NCCOC(C)C(F)(F)F. The van der Waals surface area contributed by atoms with Gasteiger partial charge in [0.05, 0.1) is 6.61 Å². The van der Waals surface area contributed by atoms with Gasteiger partial charge in [-0.1, -0.05) is 13.8 Å². The number of nitrogens with one attached hydrogen (secondary N) is 1. The number of hydrogen-bond donors (Lipinski definition) is 1. The van der Waals surface area contributed by atoms with Gasteiger partial charge in [0.2, 0.25) is 0 Å². The van der Waals surface area contributed by atoms with E-state index in [1.165, 1.54) is 0 Å². The van der Waals surface area contributed by atoms with E-state index in [1.807, 2.05) is 13.8 Å². The zero-order valence-corrected chi connectivity index (χ0v) is 8.11. The Morgan fingerprint density at radius 2 is 1.77 bits per heavy atom. The van der Waals surface area contributed by atoms with Crippen molar-refractivity contribution in [3.05, 3.63) is 0 Å². The van der Waals surface area contributed by atoms with Crippen LogP contribution < -0.4 is 5.32 Å². The highest BCUT2D eigenvalue weighted by Crippen LogP contribution is 2.21. The van der Waals surface area contributed by atoms with Gasteiger partial charge in [0, 0.05) is 12.6 Å². The largest absolute Gasteiger partial charge is 0.414 e. The summed E-state index contributed by atoms with van der Waals surface area (Å²) in [5.74, 6) is 0. The Balaban J connectivity index is 3.43. The van der Waals surface area contributed by atoms with Crippen molar-refractivity contribution in [3.63, 3.8) is 0 Å². The van der Waals surface area contributed by atoms with Crippen molar-refractivity contribution in [2.75, 3.05) is 13.2 Å². The molecule has 0 fully saturated rings. The molecule has 0 spiro atoms. The molecule has 0 radical (unpaired) electrons. The third-order valence-corrected chi connectivity index (χ3v) is 1.48. The molecule has 0 bridgehead atoms. The first-order valence-corrected chi connectivity index (χ1v) is 4.25. The van der Waals surface area contributed by atoms with E-state index in [0.29, 0.717) is 6.54 Å². The molecule has 0 aliphatic heterocycles. The lowest BCUT2D eigenvalue weighted by Crippen LogP contribution is -2.33. The van der Waals surface area contributed by atoms with Gasteiger partial charge in [-0.15, -0.1) is 0 Å². The predicted octanol–water partition coefficient (Wildman–Crippen LogP) is 1.95. The predicted molar refractivity (Wildman–Crippen MR) is 44.6 cm³/mol. The summed E-state index contributed by atoms with van der Waals surface area (Å²) in [7, 11) is 0. The summed E-state index contributed by atoms with van der Waals surface area (Å²) in [5, 5.41) is 2.96. The monoisotopic (exact) mass is 199 g/mol. The second kappa shape index (κ2) is 5.44. The molecule has 2 nitrogen and oxygen atoms in total. The smallest absolute Gasteiger partial charge is 0.368 e. The summed E-state index contributed by atoms with van der Waals surface area (Å²) in [4.78, 5) is 0. The van der Waals surface area contributed by atoms with Crippen LogP contribution in [0.15, 0.2) is 0 Å². The molecule has 0 saturated heterocycles. The second-order valence-corrected chi connectivity index (χ2v) is 3.16. The van der Waals surface area contributed by atoms with Crippen molar-refractivity contribution < 1.29 is 17.9 Å². The Morgan fingerprint density at radius 1 is 1.23 bits per heavy atom. The first-order chi connectivity index (χ1) is 5.84. The molecule has 0 aliphatic carbocycles. The molecule has 0 aromatic heterocycles. The quantitative estimate of drug-likeness (QED) is 0.683. The number of halogens is 3.